The number of piperidine rings is 1. The molecule has 3 heterocycles. The number of hydrogen-bond donors (Lipinski definition) is 1. The van der Waals surface area contributed by atoms with Crippen LogP contribution >= 0.6 is 0 Å². The molecular weight excluding hydrogens is 320 g/mol. The topological polar surface area (TPSA) is 76.5 Å². The normalized spacial score (nSPS) is 20.2. The Bertz CT molecular complexity index is 641. The number of fused-ring (bicyclic) bond motifs is 1. The van der Waals surface area contributed by atoms with Crippen molar-refractivity contribution in [1.29, 1.82) is 0 Å². The molecule has 0 saturated carbocycles. The summed E-state index contributed by atoms with van der Waals surface area (Å²) >= 11 is 0. The number of methoxy groups -OCH3 is 1. The van der Waals surface area contributed by atoms with Crippen LogP contribution in [0.15, 0.2) is 0 Å². The zero-order valence-electron chi connectivity index (χ0n) is 15.2. The number of imidazole rings is 1. The summed E-state index contributed by atoms with van der Waals surface area (Å²) in [6, 6.07) is 0. The van der Waals surface area contributed by atoms with Crippen molar-refractivity contribution in [2.24, 2.45) is 5.92 Å². The molecule has 0 aliphatic carbocycles. The van der Waals surface area contributed by atoms with Crippen molar-refractivity contribution in [3.8, 4) is 0 Å². The minimum atomic E-state index is -0.214. The Morgan fingerprint density at radius 1 is 1.28 bits per heavy atom. The fourth-order valence-corrected chi connectivity index (χ4v) is 3.75. The molecule has 0 radical (unpaired) electrons. The van der Waals surface area contributed by atoms with E-state index in [-0.39, 0.29) is 11.8 Å². The van der Waals surface area contributed by atoms with Crippen LogP contribution in [0.2, 0.25) is 0 Å². The van der Waals surface area contributed by atoms with Gasteiger partial charge in [-0.3, -0.25) is 9.59 Å². The second kappa shape index (κ2) is 7.99. The second-order valence-corrected chi connectivity index (χ2v) is 7.09. The van der Waals surface area contributed by atoms with Gasteiger partial charge >= 0.3 is 0 Å². The van der Waals surface area contributed by atoms with E-state index < -0.39 is 0 Å². The number of nitrogens with zero attached hydrogens (tertiary/aromatic N) is 3. The van der Waals surface area contributed by atoms with Crippen molar-refractivity contribution >= 4 is 11.8 Å². The molecule has 1 N–H and O–H groups in total. The standard InChI is InChI=1S/C18H28N4O3/c1-13-6-5-9-21(12-13)18(24)16-20-15(17(23)19-8-11-25-2)14-7-3-4-10-22(14)16/h13H,3-12H2,1-2H3,(H,19,23). The second-order valence-electron chi connectivity index (χ2n) is 7.09. The monoisotopic (exact) mass is 348 g/mol. The van der Waals surface area contributed by atoms with Crippen LogP contribution in [0, 0.1) is 5.92 Å². The molecule has 1 atom stereocenters. The van der Waals surface area contributed by atoms with Crippen LogP contribution in [0.3, 0.4) is 0 Å². The lowest BCUT2D eigenvalue weighted by Gasteiger charge is -2.31. The molecule has 1 aromatic heterocycles. The number of aromatic nitrogens is 2. The number of amides is 2. The maximum absolute atomic E-state index is 13.0. The number of carbonyl (C=O) groups is 2. The molecule has 1 unspecified atom stereocenters. The van der Waals surface area contributed by atoms with Crippen molar-refractivity contribution in [1.82, 2.24) is 19.8 Å². The number of ether oxygens (including phenoxy) is 1. The highest BCUT2D eigenvalue weighted by molar-refractivity contribution is 5.97. The Labute approximate surface area is 148 Å². The van der Waals surface area contributed by atoms with Crippen LogP contribution in [0.4, 0.5) is 0 Å². The molecule has 2 amide bonds. The molecule has 25 heavy (non-hydrogen) atoms. The van der Waals surface area contributed by atoms with Gasteiger partial charge in [0.1, 0.15) is 5.69 Å². The molecule has 2 aliphatic heterocycles. The summed E-state index contributed by atoms with van der Waals surface area (Å²) in [5.41, 5.74) is 1.30. The van der Waals surface area contributed by atoms with Gasteiger partial charge in [-0.1, -0.05) is 6.92 Å². The van der Waals surface area contributed by atoms with Gasteiger partial charge in [0.05, 0.1) is 12.3 Å². The van der Waals surface area contributed by atoms with E-state index in [2.05, 4.69) is 17.2 Å². The van der Waals surface area contributed by atoms with Gasteiger partial charge in [-0.15, -0.1) is 0 Å². The van der Waals surface area contributed by atoms with Crippen LogP contribution in [0.25, 0.3) is 0 Å². The average Bonchev–Trinajstić information content (AvgIpc) is 3.01. The summed E-state index contributed by atoms with van der Waals surface area (Å²) in [5, 5.41) is 2.82. The molecule has 0 aromatic carbocycles. The van der Waals surface area contributed by atoms with E-state index in [0.29, 0.717) is 30.6 Å². The quantitative estimate of drug-likeness (QED) is 0.818. The van der Waals surface area contributed by atoms with Crippen LogP contribution < -0.4 is 5.32 Å². The summed E-state index contributed by atoms with van der Waals surface area (Å²) in [6.07, 6.45) is 5.04. The van der Waals surface area contributed by atoms with Crippen LogP contribution in [0.1, 0.15) is 59.4 Å². The predicted molar refractivity (Wildman–Crippen MR) is 93.7 cm³/mol. The summed E-state index contributed by atoms with van der Waals surface area (Å²) < 4.78 is 6.94. The van der Waals surface area contributed by atoms with E-state index in [0.717, 1.165) is 57.4 Å². The number of carbonyl (C=O) groups excluding carboxylic acids is 2. The number of hydrogen-bond acceptors (Lipinski definition) is 4. The maximum atomic E-state index is 13.0. The van der Waals surface area contributed by atoms with E-state index in [1.54, 1.807) is 7.11 Å². The van der Waals surface area contributed by atoms with Crippen molar-refractivity contribution in [3.05, 3.63) is 17.2 Å². The Balaban J connectivity index is 1.84. The largest absolute Gasteiger partial charge is 0.383 e. The lowest BCUT2D eigenvalue weighted by molar-refractivity contribution is 0.0664. The Morgan fingerprint density at radius 2 is 2.12 bits per heavy atom. The number of likely N-dealkylation sites (tertiary alicyclic amines) is 1. The van der Waals surface area contributed by atoms with E-state index in [4.69, 9.17) is 4.74 Å². The van der Waals surface area contributed by atoms with Crippen LogP contribution in [-0.4, -0.2) is 59.6 Å². The molecule has 1 fully saturated rings. The molecule has 2 aliphatic rings. The average molecular weight is 348 g/mol. The van der Waals surface area contributed by atoms with Gasteiger partial charge < -0.3 is 19.5 Å². The summed E-state index contributed by atoms with van der Waals surface area (Å²) in [7, 11) is 1.60. The Hall–Kier alpha value is -1.89. The summed E-state index contributed by atoms with van der Waals surface area (Å²) in [6.45, 7) is 5.39. The van der Waals surface area contributed by atoms with E-state index in [1.165, 1.54) is 0 Å². The van der Waals surface area contributed by atoms with Crippen LogP contribution in [-0.2, 0) is 17.7 Å². The molecule has 3 rings (SSSR count). The highest BCUT2D eigenvalue weighted by Gasteiger charge is 2.31. The molecular formula is C18H28N4O3. The highest BCUT2D eigenvalue weighted by Crippen LogP contribution is 2.24. The van der Waals surface area contributed by atoms with Crippen molar-refractivity contribution in [2.75, 3.05) is 33.4 Å². The lowest BCUT2D eigenvalue weighted by Crippen LogP contribution is -2.40. The smallest absolute Gasteiger partial charge is 0.289 e. The molecule has 7 nitrogen and oxygen atoms in total. The maximum Gasteiger partial charge on any atom is 0.289 e. The van der Waals surface area contributed by atoms with Gasteiger partial charge in [0.25, 0.3) is 11.8 Å². The van der Waals surface area contributed by atoms with Gasteiger partial charge in [0, 0.05) is 33.3 Å². The minimum Gasteiger partial charge on any atom is -0.383 e. The van der Waals surface area contributed by atoms with Crippen LogP contribution in [0.5, 0.6) is 0 Å². The molecule has 138 valence electrons. The first-order valence-corrected chi connectivity index (χ1v) is 9.27. The first-order chi connectivity index (χ1) is 12.1. The molecule has 1 saturated heterocycles. The molecule has 1 aromatic rings. The van der Waals surface area contributed by atoms with Gasteiger partial charge in [-0.2, -0.15) is 0 Å². The number of nitrogens with one attached hydrogen (secondary N) is 1. The van der Waals surface area contributed by atoms with Gasteiger partial charge in [-0.25, -0.2) is 4.98 Å². The molecule has 7 heteroatoms. The Morgan fingerprint density at radius 3 is 2.88 bits per heavy atom. The van der Waals surface area contributed by atoms with Crippen molar-refractivity contribution < 1.29 is 14.3 Å². The fourth-order valence-electron chi connectivity index (χ4n) is 3.75. The van der Waals surface area contributed by atoms with Gasteiger partial charge in [0.2, 0.25) is 0 Å². The highest BCUT2D eigenvalue weighted by atomic mass is 16.5. The van der Waals surface area contributed by atoms with E-state index in [9.17, 15) is 9.59 Å². The predicted octanol–water partition coefficient (Wildman–Crippen LogP) is 1.47. The first-order valence-electron chi connectivity index (χ1n) is 9.27. The van der Waals surface area contributed by atoms with E-state index in [1.807, 2.05) is 9.47 Å². The third-order valence-corrected chi connectivity index (χ3v) is 5.06. The minimum absolute atomic E-state index is 0.0364. The first kappa shape index (κ1) is 17.9. The van der Waals surface area contributed by atoms with Crippen molar-refractivity contribution in [2.45, 2.75) is 45.6 Å². The third-order valence-electron chi connectivity index (χ3n) is 5.06. The fraction of sp³-hybridized carbons (Fsp3) is 0.722. The van der Waals surface area contributed by atoms with Crippen molar-refractivity contribution in [3.63, 3.8) is 0 Å². The summed E-state index contributed by atoms with van der Waals surface area (Å²) in [4.78, 5) is 31.9. The molecule has 0 bridgehead atoms. The molecule has 0 spiro atoms. The van der Waals surface area contributed by atoms with Gasteiger partial charge in [0.15, 0.2) is 5.82 Å². The zero-order chi connectivity index (χ0) is 17.8. The SMILES string of the molecule is COCCNC(=O)c1nc(C(=O)N2CCCC(C)C2)n2c1CCCC2. The summed E-state index contributed by atoms with van der Waals surface area (Å²) in [5.74, 6) is 0.699. The zero-order valence-corrected chi connectivity index (χ0v) is 15.2. The number of rotatable bonds is 5. The van der Waals surface area contributed by atoms with E-state index >= 15 is 0 Å². The Kier molecular flexibility index (Phi) is 5.73. The third kappa shape index (κ3) is 3.86. The van der Waals surface area contributed by atoms with Gasteiger partial charge in [-0.05, 0) is 38.0 Å². The lowest BCUT2D eigenvalue weighted by atomic mass is 10.0.